The molecule has 1 heterocycles. The van der Waals surface area contributed by atoms with Gasteiger partial charge in [-0.3, -0.25) is 4.72 Å². The molecule has 2 rings (SSSR count). The van der Waals surface area contributed by atoms with Gasteiger partial charge in [-0.25, -0.2) is 8.42 Å². The van der Waals surface area contributed by atoms with E-state index in [1.807, 2.05) is 0 Å². The summed E-state index contributed by atoms with van der Waals surface area (Å²) in [7, 11) is -3.79. The Morgan fingerprint density at radius 2 is 2.05 bits per heavy atom. The van der Waals surface area contributed by atoms with Gasteiger partial charge >= 0.3 is 0 Å². The normalized spacial score (nSPS) is 11.6. The van der Waals surface area contributed by atoms with Crippen LogP contribution in [-0.2, 0) is 16.6 Å². The van der Waals surface area contributed by atoms with Crippen molar-refractivity contribution in [1.29, 1.82) is 0 Å². The predicted molar refractivity (Wildman–Crippen MR) is 80.3 cm³/mol. The van der Waals surface area contributed by atoms with Gasteiger partial charge in [-0.2, -0.15) is 0 Å². The number of anilines is 1. The average molecular weight is 378 g/mol. The molecule has 6 nitrogen and oxygen atoms in total. The van der Waals surface area contributed by atoms with Gasteiger partial charge in [0, 0.05) is 4.47 Å². The Bertz CT molecular complexity index is 743. The van der Waals surface area contributed by atoms with Crippen LogP contribution in [0.25, 0.3) is 0 Å². The second kappa shape index (κ2) is 5.76. The van der Waals surface area contributed by atoms with Crippen molar-refractivity contribution in [3.63, 3.8) is 0 Å². The molecule has 1 aromatic carbocycles. The summed E-state index contributed by atoms with van der Waals surface area (Å²) in [6.07, 6.45) is 0. The maximum absolute atomic E-state index is 12.4. The molecule has 1 aromatic heterocycles. The zero-order chi connectivity index (χ0) is 14.9. The van der Waals surface area contributed by atoms with Crippen molar-refractivity contribution in [2.45, 2.75) is 25.3 Å². The highest BCUT2D eigenvalue weighted by Gasteiger charge is 2.21. The van der Waals surface area contributed by atoms with E-state index < -0.39 is 10.0 Å². The highest BCUT2D eigenvalue weighted by atomic mass is 79.9. The maximum Gasteiger partial charge on any atom is 0.264 e. The van der Waals surface area contributed by atoms with E-state index in [1.54, 1.807) is 19.9 Å². The third-order valence-electron chi connectivity index (χ3n) is 2.50. The number of aliphatic hydroxyl groups excluding tert-OH is 1. The van der Waals surface area contributed by atoms with E-state index in [-0.39, 0.29) is 16.6 Å². The quantitative estimate of drug-likeness (QED) is 0.851. The van der Waals surface area contributed by atoms with E-state index in [9.17, 15) is 13.5 Å². The minimum Gasteiger partial charge on any atom is -0.392 e. The third-order valence-corrected chi connectivity index (χ3v) is 6.06. The molecule has 0 aliphatic heterocycles. The standard InChI is InChI=1S/C11H12BrN3O3S2/c1-6-3-8(5-16)4-9(10(6)12)20(17,18)15-11-14-13-7(2)19-11/h3-4,16H,5H2,1-2H3,(H,14,15). The number of aliphatic hydroxyl groups is 1. The van der Waals surface area contributed by atoms with Crippen molar-refractivity contribution < 1.29 is 13.5 Å². The lowest BCUT2D eigenvalue weighted by atomic mass is 10.1. The molecule has 0 unspecified atom stereocenters. The molecule has 20 heavy (non-hydrogen) atoms. The van der Waals surface area contributed by atoms with E-state index in [0.29, 0.717) is 15.0 Å². The molecule has 0 amide bonds. The largest absolute Gasteiger partial charge is 0.392 e. The van der Waals surface area contributed by atoms with Gasteiger partial charge in [-0.05, 0) is 47.0 Å². The number of nitrogens with zero attached hydrogens (tertiary/aromatic N) is 2. The molecule has 0 spiro atoms. The van der Waals surface area contributed by atoms with Crippen LogP contribution >= 0.6 is 27.3 Å². The van der Waals surface area contributed by atoms with Crippen molar-refractivity contribution in [1.82, 2.24) is 10.2 Å². The number of halogens is 1. The first-order chi connectivity index (χ1) is 9.33. The van der Waals surface area contributed by atoms with Gasteiger partial charge in [-0.1, -0.05) is 17.4 Å². The van der Waals surface area contributed by atoms with Crippen LogP contribution in [0.15, 0.2) is 21.5 Å². The van der Waals surface area contributed by atoms with Crippen LogP contribution in [0.3, 0.4) is 0 Å². The van der Waals surface area contributed by atoms with Crippen LogP contribution in [0.5, 0.6) is 0 Å². The molecule has 0 bridgehead atoms. The topological polar surface area (TPSA) is 92.2 Å². The van der Waals surface area contributed by atoms with E-state index in [0.717, 1.165) is 16.9 Å². The highest BCUT2D eigenvalue weighted by molar-refractivity contribution is 9.10. The molecule has 0 fully saturated rings. The molecule has 0 aliphatic rings. The molecule has 0 aliphatic carbocycles. The van der Waals surface area contributed by atoms with Gasteiger partial charge in [0.15, 0.2) is 0 Å². The van der Waals surface area contributed by atoms with Crippen molar-refractivity contribution in [2.24, 2.45) is 0 Å². The Hall–Kier alpha value is -1.03. The fourth-order valence-corrected chi connectivity index (χ4v) is 4.49. The zero-order valence-corrected chi connectivity index (χ0v) is 13.9. The zero-order valence-electron chi connectivity index (χ0n) is 10.7. The Kier molecular flexibility index (Phi) is 4.43. The first-order valence-corrected chi connectivity index (χ1v) is 8.65. The molecule has 0 saturated heterocycles. The van der Waals surface area contributed by atoms with Gasteiger partial charge in [0.05, 0.1) is 6.61 Å². The number of hydrogen-bond acceptors (Lipinski definition) is 6. The van der Waals surface area contributed by atoms with Crippen molar-refractivity contribution in [2.75, 3.05) is 4.72 Å². The summed E-state index contributed by atoms with van der Waals surface area (Å²) in [5.41, 5.74) is 1.25. The third kappa shape index (κ3) is 3.17. The first kappa shape index (κ1) is 15.4. The molecule has 9 heteroatoms. The number of nitrogens with one attached hydrogen (secondary N) is 1. The van der Waals surface area contributed by atoms with Gasteiger partial charge in [0.1, 0.15) is 9.90 Å². The second-order valence-electron chi connectivity index (χ2n) is 4.11. The fourth-order valence-electron chi connectivity index (χ4n) is 1.60. The van der Waals surface area contributed by atoms with Gasteiger partial charge < -0.3 is 5.11 Å². The summed E-state index contributed by atoms with van der Waals surface area (Å²) in [6, 6.07) is 3.14. The summed E-state index contributed by atoms with van der Waals surface area (Å²) >= 11 is 4.42. The summed E-state index contributed by atoms with van der Waals surface area (Å²) in [6.45, 7) is 3.27. The summed E-state index contributed by atoms with van der Waals surface area (Å²) in [4.78, 5) is 0.0643. The first-order valence-electron chi connectivity index (χ1n) is 5.56. The fraction of sp³-hybridized carbons (Fsp3) is 0.273. The van der Waals surface area contributed by atoms with Crippen LogP contribution in [0, 0.1) is 13.8 Å². The summed E-state index contributed by atoms with van der Waals surface area (Å²) in [5, 5.41) is 17.6. The Labute approximate surface area is 129 Å². The highest BCUT2D eigenvalue weighted by Crippen LogP contribution is 2.29. The van der Waals surface area contributed by atoms with Crippen LogP contribution in [0.1, 0.15) is 16.1 Å². The average Bonchev–Trinajstić information content (AvgIpc) is 2.76. The molecular weight excluding hydrogens is 366 g/mol. The predicted octanol–water partition coefficient (Wildman–Crippen LogP) is 2.21. The minimum atomic E-state index is -3.79. The smallest absolute Gasteiger partial charge is 0.264 e. The lowest BCUT2D eigenvalue weighted by Crippen LogP contribution is -2.14. The number of hydrogen-bond donors (Lipinski definition) is 2. The monoisotopic (exact) mass is 377 g/mol. The van der Waals surface area contributed by atoms with Crippen LogP contribution in [0.4, 0.5) is 5.13 Å². The molecule has 2 aromatic rings. The lowest BCUT2D eigenvalue weighted by Gasteiger charge is -2.11. The van der Waals surface area contributed by atoms with E-state index in [2.05, 4.69) is 30.8 Å². The maximum atomic E-state index is 12.4. The summed E-state index contributed by atoms with van der Waals surface area (Å²) in [5.74, 6) is 0. The van der Waals surface area contributed by atoms with E-state index in [4.69, 9.17) is 0 Å². The number of aromatic nitrogens is 2. The molecular formula is C11H12BrN3O3S2. The molecule has 0 radical (unpaired) electrons. The number of rotatable bonds is 4. The second-order valence-corrected chi connectivity index (χ2v) is 7.74. The van der Waals surface area contributed by atoms with Gasteiger partial charge in [0.2, 0.25) is 5.13 Å². The molecule has 0 atom stereocenters. The van der Waals surface area contributed by atoms with Crippen LogP contribution in [-0.4, -0.2) is 23.7 Å². The number of aryl methyl sites for hydroxylation is 2. The van der Waals surface area contributed by atoms with Crippen molar-refractivity contribution in [3.05, 3.63) is 32.7 Å². The molecule has 0 saturated carbocycles. The van der Waals surface area contributed by atoms with E-state index >= 15 is 0 Å². The van der Waals surface area contributed by atoms with Gasteiger partial charge in [0.25, 0.3) is 10.0 Å². The summed E-state index contributed by atoms with van der Waals surface area (Å²) < 4.78 is 27.6. The van der Waals surface area contributed by atoms with Crippen LogP contribution < -0.4 is 4.72 Å². The molecule has 2 N–H and O–H groups in total. The Balaban J connectivity index is 2.46. The number of sulfonamides is 1. The Morgan fingerprint density at radius 3 is 2.60 bits per heavy atom. The minimum absolute atomic E-state index is 0.0643. The van der Waals surface area contributed by atoms with E-state index in [1.165, 1.54) is 6.07 Å². The Morgan fingerprint density at radius 1 is 1.35 bits per heavy atom. The van der Waals surface area contributed by atoms with Crippen molar-refractivity contribution in [3.8, 4) is 0 Å². The lowest BCUT2D eigenvalue weighted by molar-refractivity contribution is 0.281. The number of benzene rings is 1. The van der Waals surface area contributed by atoms with Gasteiger partial charge in [-0.15, -0.1) is 10.2 Å². The molecule has 108 valence electrons. The van der Waals surface area contributed by atoms with Crippen LogP contribution in [0.2, 0.25) is 0 Å². The van der Waals surface area contributed by atoms with Crippen molar-refractivity contribution >= 4 is 42.4 Å². The SMILES string of the molecule is Cc1nnc(NS(=O)(=O)c2cc(CO)cc(C)c2Br)s1.